The molecule has 0 N–H and O–H groups in total. The summed E-state index contributed by atoms with van der Waals surface area (Å²) in [5.74, 6) is 0.0305. The minimum Gasteiger partial charge on any atom is -0.284 e. The Hall–Kier alpha value is -1.69. The zero-order chi connectivity index (χ0) is 15.0. The molecule has 1 saturated carbocycles. The van der Waals surface area contributed by atoms with Crippen molar-refractivity contribution in [2.24, 2.45) is 12.5 Å². The van der Waals surface area contributed by atoms with Crippen molar-refractivity contribution < 1.29 is 9.59 Å². The molecule has 6 heteroatoms. The second-order valence-corrected chi connectivity index (χ2v) is 6.47. The summed E-state index contributed by atoms with van der Waals surface area (Å²) in [7, 11) is 3.80. The third kappa shape index (κ3) is 2.60. The van der Waals surface area contributed by atoms with Gasteiger partial charge in [-0.15, -0.1) is 0 Å². The van der Waals surface area contributed by atoms with E-state index >= 15 is 0 Å². The molecular formula is C15H22N4O2. The van der Waals surface area contributed by atoms with Crippen molar-refractivity contribution in [2.45, 2.75) is 38.6 Å². The highest BCUT2D eigenvalue weighted by atomic mass is 16.2. The predicted molar refractivity (Wildman–Crippen MR) is 76.9 cm³/mol. The summed E-state index contributed by atoms with van der Waals surface area (Å²) in [6, 6.07) is 0. The summed E-state index contributed by atoms with van der Waals surface area (Å²) < 4.78 is 1.75. The van der Waals surface area contributed by atoms with E-state index in [0.717, 1.165) is 31.2 Å². The number of carbonyl (C=O) groups is 2. The van der Waals surface area contributed by atoms with Gasteiger partial charge in [-0.1, -0.05) is 12.8 Å². The molecule has 3 rings (SSSR count). The van der Waals surface area contributed by atoms with Gasteiger partial charge in [-0.05, 0) is 19.9 Å². The number of amides is 2. The molecule has 1 aliphatic heterocycles. The van der Waals surface area contributed by atoms with Crippen LogP contribution in [0.3, 0.4) is 0 Å². The van der Waals surface area contributed by atoms with E-state index in [9.17, 15) is 9.59 Å². The van der Waals surface area contributed by atoms with Crippen molar-refractivity contribution in [1.29, 1.82) is 0 Å². The molecule has 6 nitrogen and oxygen atoms in total. The maximum absolute atomic E-state index is 12.6. The molecular weight excluding hydrogens is 268 g/mol. The predicted octanol–water partition coefficient (Wildman–Crippen LogP) is 1.13. The van der Waals surface area contributed by atoms with Crippen LogP contribution in [0.1, 0.15) is 37.7 Å². The lowest BCUT2D eigenvalue weighted by Gasteiger charge is -2.25. The molecule has 2 aliphatic rings. The van der Waals surface area contributed by atoms with E-state index in [-0.39, 0.29) is 17.2 Å². The van der Waals surface area contributed by atoms with Crippen molar-refractivity contribution in [3.63, 3.8) is 0 Å². The molecule has 1 aromatic rings. The lowest BCUT2D eigenvalue weighted by atomic mass is 9.85. The fourth-order valence-corrected chi connectivity index (χ4v) is 3.60. The second kappa shape index (κ2) is 5.26. The molecule has 0 bridgehead atoms. The number of imide groups is 1. The SMILES string of the molecule is CN(Cc1cnn(C)c1)CN1C(=O)CC2(CCCC2)C1=O. The third-order valence-corrected chi connectivity index (χ3v) is 4.64. The average molecular weight is 290 g/mol. The van der Waals surface area contributed by atoms with Crippen LogP contribution in [-0.4, -0.2) is 45.1 Å². The number of hydrogen-bond donors (Lipinski definition) is 0. The van der Waals surface area contributed by atoms with Crippen LogP contribution in [0.25, 0.3) is 0 Å². The van der Waals surface area contributed by atoms with Crippen LogP contribution in [0.15, 0.2) is 12.4 Å². The summed E-state index contributed by atoms with van der Waals surface area (Å²) in [5, 5.41) is 4.13. The normalized spacial score (nSPS) is 21.2. The fourth-order valence-electron chi connectivity index (χ4n) is 3.60. The number of likely N-dealkylation sites (tertiary alicyclic amines) is 1. The van der Waals surface area contributed by atoms with Crippen LogP contribution < -0.4 is 0 Å². The Bertz CT molecular complexity index is 560. The quantitative estimate of drug-likeness (QED) is 0.780. The highest BCUT2D eigenvalue weighted by Crippen LogP contribution is 2.46. The maximum Gasteiger partial charge on any atom is 0.237 e. The number of hydrogen-bond acceptors (Lipinski definition) is 4. The van der Waals surface area contributed by atoms with Crippen molar-refractivity contribution >= 4 is 11.8 Å². The first-order chi connectivity index (χ1) is 10.00. The Morgan fingerprint density at radius 1 is 1.33 bits per heavy atom. The van der Waals surface area contributed by atoms with Gasteiger partial charge in [-0.3, -0.25) is 24.1 Å². The first kappa shape index (κ1) is 14.3. The molecule has 0 unspecified atom stereocenters. The molecule has 114 valence electrons. The van der Waals surface area contributed by atoms with Crippen LogP contribution >= 0.6 is 0 Å². The smallest absolute Gasteiger partial charge is 0.237 e. The molecule has 2 fully saturated rings. The maximum atomic E-state index is 12.6. The summed E-state index contributed by atoms with van der Waals surface area (Å²) >= 11 is 0. The van der Waals surface area contributed by atoms with Crippen LogP contribution in [0.5, 0.6) is 0 Å². The summed E-state index contributed by atoms with van der Waals surface area (Å²) in [5.41, 5.74) is 0.710. The fraction of sp³-hybridized carbons (Fsp3) is 0.667. The van der Waals surface area contributed by atoms with Crippen LogP contribution in [-0.2, 0) is 23.2 Å². The molecule has 2 heterocycles. The molecule has 2 amide bonds. The minimum atomic E-state index is -0.369. The van der Waals surface area contributed by atoms with Gasteiger partial charge in [0.1, 0.15) is 0 Å². The Kier molecular flexibility index (Phi) is 3.57. The molecule has 1 spiro atoms. The molecule has 0 atom stereocenters. The van der Waals surface area contributed by atoms with E-state index in [0.29, 0.717) is 19.6 Å². The van der Waals surface area contributed by atoms with Crippen LogP contribution in [0.4, 0.5) is 0 Å². The topological polar surface area (TPSA) is 58.4 Å². The molecule has 1 saturated heterocycles. The molecule has 1 aromatic heterocycles. The number of nitrogens with zero attached hydrogens (tertiary/aromatic N) is 4. The van der Waals surface area contributed by atoms with Gasteiger partial charge < -0.3 is 0 Å². The highest BCUT2D eigenvalue weighted by molar-refractivity contribution is 6.06. The third-order valence-electron chi connectivity index (χ3n) is 4.64. The highest BCUT2D eigenvalue weighted by Gasteiger charge is 2.52. The van der Waals surface area contributed by atoms with Gasteiger partial charge in [0.25, 0.3) is 0 Å². The van der Waals surface area contributed by atoms with Crippen molar-refractivity contribution in [1.82, 2.24) is 19.6 Å². The zero-order valence-electron chi connectivity index (χ0n) is 12.7. The van der Waals surface area contributed by atoms with Gasteiger partial charge in [-0.25, -0.2) is 0 Å². The minimum absolute atomic E-state index is 0.0139. The van der Waals surface area contributed by atoms with Gasteiger partial charge in [-0.2, -0.15) is 5.10 Å². The van der Waals surface area contributed by atoms with E-state index in [4.69, 9.17) is 0 Å². The van der Waals surface area contributed by atoms with E-state index in [1.807, 2.05) is 31.4 Å². The van der Waals surface area contributed by atoms with Crippen molar-refractivity contribution in [3.05, 3.63) is 18.0 Å². The zero-order valence-corrected chi connectivity index (χ0v) is 12.7. The number of rotatable bonds is 4. The summed E-state index contributed by atoms with van der Waals surface area (Å²) in [6.07, 6.45) is 8.05. The van der Waals surface area contributed by atoms with Gasteiger partial charge in [0.05, 0.1) is 18.3 Å². The average Bonchev–Trinajstić information content (AvgIpc) is 3.09. The standard InChI is InChI=1S/C15H22N4O2/c1-17(9-12-8-16-18(2)10-12)11-19-13(20)7-15(14(19)21)5-3-4-6-15/h8,10H,3-7,9,11H2,1-2H3. The Morgan fingerprint density at radius 2 is 2.05 bits per heavy atom. The van der Waals surface area contributed by atoms with E-state index in [1.165, 1.54) is 4.90 Å². The number of carbonyl (C=O) groups excluding carboxylic acids is 2. The van der Waals surface area contributed by atoms with Crippen LogP contribution in [0.2, 0.25) is 0 Å². The first-order valence-corrected chi connectivity index (χ1v) is 7.51. The molecule has 0 radical (unpaired) electrons. The largest absolute Gasteiger partial charge is 0.284 e. The monoisotopic (exact) mass is 290 g/mol. The lowest BCUT2D eigenvalue weighted by molar-refractivity contribution is -0.143. The second-order valence-electron chi connectivity index (χ2n) is 6.47. The Morgan fingerprint density at radius 3 is 2.67 bits per heavy atom. The molecule has 0 aromatic carbocycles. The van der Waals surface area contributed by atoms with Gasteiger partial charge in [0.15, 0.2) is 0 Å². The van der Waals surface area contributed by atoms with Gasteiger partial charge in [0, 0.05) is 31.8 Å². The Balaban J connectivity index is 1.64. The first-order valence-electron chi connectivity index (χ1n) is 7.51. The van der Waals surface area contributed by atoms with Crippen LogP contribution in [0, 0.1) is 5.41 Å². The molecule has 1 aliphatic carbocycles. The number of aromatic nitrogens is 2. The lowest BCUT2D eigenvalue weighted by Crippen LogP contribution is -2.41. The molecule has 21 heavy (non-hydrogen) atoms. The van der Waals surface area contributed by atoms with Crippen molar-refractivity contribution in [3.8, 4) is 0 Å². The van der Waals surface area contributed by atoms with Gasteiger partial charge in [0.2, 0.25) is 11.8 Å². The summed E-state index contributed by atoms with van der Waals surface area (Å²) in [6.45, 7) is 1.05. The summed E-state index contributed by atoms with van der Waals surface area (Å²) in [4.78, 5) is 28.2. The number of aryl methyl sites for hydroxylation is 1. The van der Waals surface area contributed by atoms with E-state index in [1.54, 1.807) is 4.68 Å². The Labute approximate surface area is 124 Å². The van der Waals surface area contributed by atoms with Gasteiger partial charge >= 0.3 is 0 Å². The van der Waals surface area contributed by atoms with Crippen molar-refractivity contribution in [2.75, 3.05) is 13.7 Å². The van der Waals surface area contributed by atoms with E-state index < -0.39 is 0 Å². The van der Waals surface area contributed by atoms with E-state index in [2.05, 4.69) is 5.10 Å².